The number of anilines is 1. The smallest absolute Gasteiger partial charge is 0.125 e. The first-order valence-electron chi connectivity index (χ1n) is 2.63. The minimum atomic E-state index is -0.509. The molecule has 0 unspecified atom stereocenters. The van der Waals surface area contributed by atoms with Crippen LogP contribution in [0.4, 0.5) is 10.1 Å². The van der Waals surface area contributed by atoms with Gasteiger partial charge in [0.05, 0.1) is 5.69 Å². The Labute approximate surface area is 56.9 Å². The molecule has 1 rings (SSSR count). The maximum absolute atomic E-state index is 12.3. The summed E-state index contributed by atoms with van der Waals surface area (Å²) in [5.74, 6) is -0.509. The minimum absolute atomic E-state index is 0.000000000000000444. The van der Waals surface area contributed by atoms with Crippen molar-refractivity contribution in [2.45, 2.75) is 0 Å². The molecule has 0 fully saturated rings. The molecule has 0 saturated heterocycles. The number of hydrogen-bond acceptors (Lipinski definition) is 3. The maximum atomic E-state index is 12.3. The molecule has 0 aliphatic heterocycles. The molecule has 2 N–H and O–H groups in total. The van der Waals surface area contributed by atoms with E-state index in [1.807, 2.05) is 0 Å². The van der Waals surface area contributed by atoms with Crippen molar-refractivity contribution in [3.8, 4) is 0 Å². The zero-order chi connectivity index (χ0) is 7.56. The SMILES string of the molecule is ON(O)c1cccc(F)c1. The highest BCUT2D eigenvalue weighted by Gasteiger charge is 1.97. The quantitative estimate of drug-likeness (QED) is 0.584. The van der Waals surface area contributed by atoms with Crippen LogP contribution in [0.3, 0.4) is 0 Å². The van der Waals surface area contributed by atoms with E-state index >= 15 is 0 Å². The summed E-state index contributed by atoms with van der Waals surface area (Å²) in [7, 11) is 0. The molecule has 0 aliphatic carbocycles. The van der Waals surface area contributed by atoms with Crippen LogP contribution in [0.25, 0.3) is 0 Å². The number of hydrogen-bond donors (Lipinski definition) is 2. The number of halogens is 1. The van der Waals surface area contributed by atoms with Gasteiger partial charge in [0.15, 0.2) is 0 Å². The lowest BCUT2D eigenvalue weighted by molar-refractivity contribution is 0.0290. The molecule has 10 heavy (non-hydrogen) atoms. The molecule has 0 spiro atoms. The van der Waals surface area contributed by atoms with E-state index < -0.39 is 5.82 Å². The standard InChI is InChI=1S/C6H6FNO2/c7-5-2-1-3-6(4-5)8(9)10/h1-4,9-10H. The van der Waals surface area contributed by atoms with Gasteiger partial charge in [0.2, 0.25) is 0 Å². The van der Waals surface area contributed by atoms with Gasteiger partial charge in [-0.1, -0.05) is 6.07 Å². The van der Waals surface area contributed by atoms with E-state index in [0.717, 1.165) is 6.07 Å². The lowest BCUT2D eigenvalue weighted by atomic mass is 10.3. The van der Waals surface area contributed by atoms with E-state index in [0.29, 0.717) is 0 Å². The summed E-state index contributed by atoms with van der Waals surface area (Å²) in [6.07, 6.45) is 0. The van der Waals surface area contributed by atoms with Gasteiger partial charge in [0.25, 0.3) is 0 Å². The molecule has 0 atom stereocenters. The van der Waals surface area contributed by atoms with Crippen molar-refractivity contribution in [1.29, 1.82) is 0 Å². The molecule has 0 saturated carbocycles. The van der Waals surface area contributed by atoms with Crippen molar-refractivity contribution < 1.29 is 14.8 Å². The highest BCUT2D eigenvalue weighted by Crippen LogP contribution is 2.10. The van der Waals surface area contributed by atoms with Gasteiger partial charge in [-0.2, -0.15) is 0 Å². The second-order valence-corrected chi connectivity index (χ2v) is 1.77. The third-order valence-electron chi connectivity index (χ3n) is 1.04. The Morgan fingerprint density at radius 3 is 2.40 bits per heavy atom. The third-order valence-corrected chi connectivity index (χ3v) is 1.04. The zero-order valence-corrected chi connectivity index (χ0v) is 5.03. The predicted octanol–water partition coefficient (Wildman–Crippen LogP) is 1.41. The van der Waals surface area contributed by atoms with E-state index in [1.165, 1.54) is 18.2 Å². The molecule has 0 radical (unpaired) electrons. The van der Waals surface area contributed by atoms with Crippen LogP contribution >= 0.6 is 0 Å². The fraction of sp³-hybridized carbons (Fsp3) is 0. The van der Waals surface area contributed by atoms with Crippen LogP contribution in [-0.4, -0.2) is 10.4 Å². The Hall–Kier alpha value is -1.13. The summed E-state index contributed by atoms with van der Waals surface area (Å²) in [4.78, 5) is 0. The van der Waals surface area contributed by atoms with Crippen LogP contribution < -0.4 is 5.23 Å². The van der Waals surface area contributed by atoms with Crippen LogP contribution in [0, 0.1) is 5.82 Å². The molecule has 0 heterocycles. The average Bonchev–Trinajstić information content (AvgIpc) is 1.88. The lowest BCUT2D eigenvalue weighted by Gasteiger charge is -2.05. The molecule has 3 nitrogen and oxygen atoms in total. The summed E-state index contributed by atoms with van der Waals surface area (Å²) in [5.41, 5.74) is 0.000000000000000444. The fourth-order valence-electron chi connectivity index (χ4n) is 0.601. The highest BCUT2D eigenvalue weighted by atomic mass is 19.1. The third kappa shape index (κ3) is 1.43. The Morgan fingerprint density at radius 2 is 2.00 bits per heavy atom. The molecule has 1 aromatic rings. The monoisotopic (exact) mass is 143 g/mol. The van der Waals surface area contributed by atoms with Gasteiger partial charge >= 0.3 is 0 Å². The van der Waals surface area contributed by atoms with Crippen molar-refractivity contribution >= 4 is 5.69 Å². The van der Waals surface area contributed by atoms with Gasteiger partial charge in [-0.25, -0.2) is 4.39 Å². The zero-order valence-electron chi connectivity index (χ0n) is 5.03. The topological polar surface area (TPSA) is 43.7 Å². The summed E-state index contributed by atoms with van der Waals surface area (Å²) in [5, 5.41) is 16.6. The van der Waals surface area contributed by atoms with Gasteiger partial charge in [-0.05, 0) is 12.1 Å². The normalized spacial score (nSPS) is 9.50. The summed E-state index contributed by atoms with van der Waals surface area (Å²) in [6.45, 7) is 0. The summed E-state index contributed by atoms with van der Waals surface area (Å²) in [6, 6.07) is 4.96. The largest absolute Gasteiger partial charge is 0.264 e. The fourth-order valence-corrected chi connectivity index (χ4v) is 0.601. The minimum Gasteiger partial charge on any atom is -0.264 e. The van der Waals surface area contributed by atoms with Crippen molar-refractivity contribution in [2.75, 3.05) is 5.23 Å². The van der Waals surface area contributed by atoms with Gasteiger partial charge in [0, 0.05) is 6.07 Å². The van der Waals surface area contributed by atoms with E-state index in [2.05, 4.69) is 0 Å². The number of rotatable bonds is 1. The molecular formula is C6H6FNO2. The van der Waals surface area contributed by atoms with Crippen molar-refractivity contribution in [1.82, 2.24) is 0 Å². The molecule has 1 aromatic carbocycles. The molecule has 4 heteroatoms. The van der Waals surface area contributed by atoms with Crippen LogP contribution in [-0.2, 0) is 0 Å². The van der Waals surface area contributed by atoms with Crippen LogP contribution in [0.1, 0.15) is 0 Å². The number of nitrogens with zero attached hydrogens (tertiary/aromatic N) is 1. The van der Waals surface area contributed by atoms with Crippen molar-refractivity contribution in [3.63, 3.8) is 0 Å². The average molecular weight is 143 g/mol. The van der Waals surface area contributed by atoms with Crippen LogP contribution in [0.2, 0.25) is 0 Å². The van der Waals surface area contributed by atoms with Crippen molar-refractivity contribution in [3.05, 3.63) is 30.1 Å². The Morgan fingerprint density at radius 1 is 1.30 bits per heavy atom. The Balaban J connectivity index is 2.96. The van der Waals surface area contributed by atoms with Gasteiger partial charge in [0.1, 0.15) is 5.82 Å². The second kappa shape index (κ2) is 2.64. The van der Waals surface area contributed by atoms with E-state index in [4.69, 9.17) is 10.4 Å². The van der Waals surface area contributed by atoms with Gasteiger partial charge in [-0.15, -0.1) is 5.23 Å². The Bertz CT molecular complexity index is 227. The Kier molecular flexibility index (Phi) is 1.84. The van der Waals surface area contributed by atoms with Gasteiger partial charge in [-0.3, -0.25) is 10.4 Å². The molecule has 0 bridgehead atoms. The van der Waals surface area contributed by atoms with Gasteiger partial charge < -0.3 is 0 Å². The van der Waals surface area contributed by atoms with Crippen LogP contribution in [0.5, 0.6) is 0 Å². The highest BCUT2D eigenvalue weighted by molar-refractivity contribution is 5.40. The maximum Gasteiger partial charge on any atom is 0.125 e. The molecule has 0 aliphatic rings. The lowest BCUT2D eigenvalue weighted by Crippen LogP contribution is -2.10. The first-order valence-corrected chi connectivity index (χ1v) is 2.63. The molecular weight excluding hydrogens is 137 g/mol. The predicted molar refractivity (Wildman–Crippen MR) is 32.5 cm³/mol. The van der Waals surface area contributed by atoms with Crippen LogP contribution in [0.15, 0.2) is 24.3 Å². The molecule has 0 amide bonds. The summed E-state index contributed by atoms with van der Waals surface area (Å²) >= 11 is 0. The van der Waals surface area contributed by atoms with E-state index in [1.54, 1.807) is 0 Å². The first-order chi connectivity index (χ1) is 4.70. The van der Waals surface area contributed by atoms with Crippen molar-refractivity contribution in [2.24, 2.45) is 0 Å². The van der Waals surface area contributed by atoms with E-state index in [-0.39, 0.29) is 10.9 Å². The molecule has 0 aromatic heterocycles. The number of benzene rings is 1. The first kappa shape index (κ1) is 6.98. The summed E-state index contributed by atoms with van der Waals surface area (Å²) < 4.78 is 12.3. The molecule has 54 valence electrons. The van der Waals surface area contributed by atoms with E-state index in [9.17, 15) is 4.39 Å². The second-order valence-electron chi connectivity index (χ2n) is 1.77.